The quantitative estimate of drug-likeness (QED) is 0.0849. The molecule has 6 aromatic rings. The Kier molecular flexibility index (Phi) is 13.2. The summed E-state index contributed by atoms with van der Waals surface area (Å²) in [7, 11) is -5.01. The second-order valence-electron chi connectivity index (χ2n) is 13.4. The lowest BCUT2D eigenvalue weighted by Gasteiger charge is -2.17. The first-order chi connectivity index (χ1) is 28.7. The van der Waals surface area contributed by atoms with E-state index < -0.39 is 55.8 Å². The van der Waals surface area contributed by atoms with Crippen molar-refractivity contribution < 1.29 is 44.7 Å². The largest absolute Gasteiger partial charge is 0.455 e. The highest BCUT2D eigenvalue weighted by atomic mass is 32.2. The lowest BCUT2D eigenvalue weighted by molar-refractivity contribution is -0.145. The Labute approximate surface area is 345 Å². The van der Waals surface area contributed by atoms with Gasteiger partial charge in [-0.05, 0) is 87.6 Å². The number of rotatable bonds is 16. The second kappa shape index (κ2) is 18.3. The molecule has 2 unspecified atom stereocenters. The molecule has 0 aliphatic carbocycles. The standard InChI is InChI=1S/C42H40F2N6O8S2/c1-27(33-11-5-13-35(41(33)43)37-19-29(21-45-3)25-49(37)59(53,54)31-9-7-17-47-23-31)57-39(51)15-16-40(52)58-28(2)34-12-6-14-36(42(34)44)38-20-30(22-46-4)26-50(38)60(55,56)32-10-8-18-48-24-32/h5-20,23-28,45-46H,21-22H2,1-4H3/b16-15+. The van der Waals surface area contributed by atoms with Crippen molar-refractivity contribution in [1.29, 1.82) is 0 Å². The van der Waals surface area contributed by atoms with Gasteiger partial charge in [0.15, 0.2) is 0 Å². The minimum Gasteiger partial charge on any atom is -0.455 e. The summed E-state index contributed by atoms with van der Waals surface area (Å²) in [4.78, 5) is 33.3. The van der Waals surface area contributed by atoms with E-state index in [9.17, 15) is 26.4 Å². The summed E-state index contributed by atoms with van der Waals surface area (Å²) in [6, 6.07) is 17.3. The first kappa shape index (κ1) is 43.2. The van der Waals surface area contributed by atoms with Crippen molar-refractivity contribution in [1.82, 2.24) is 28.5 Å². The zero-order valence-electron chi connectivity index (χ0n) is 32.7. The van der Waals surface area contributed by atoms with Gasteiger partial charge in [0.2, 0.25) is 0 Å². The van der Waals surface area contributed by atoms with Gasteiger partial charge >= 0.3 is 11.9 Å². The third kappa shape index (κ3) is 9.11. The van der Waals surface area contributed by atoms with E-state index in [0.29, 0.717) is 24.2 Å². The van der Waals surface area contributed by atoms with E-state index in [0.717, 1.165) is 20.1 Å². The van der Waals surface area contributed by atoms with Gasteiger partial charge in [0.25, 0.3) is 20.0 Å². The zero-order chi connectivity index (χ0) is 43.2. The fourth-order valence-electron chi connectivity index (χ4n) is 6.43. The summed E-state index contributed by atoms with van der Waals surface area (Å²) in [6.45, 7) is 3.39. The fourth-order valence-corrected chi connectivity index (χ4v) is 9.14. The highest BCUT2D eigenvalue weighted by molar-refractivity contribution is 7.90. The Morgan fingerprint density at radius 2 is 1.07 bits per heavy atom. The van der Waals surface area contributed by atoms with Crippen molar-refractivity contribution in [3.05, 3.63) is 156 Å². The molecular weight excluding hydrogens is 819 g/mol. The van der Waals surface area contributed by atoms with Crippen molar-refractivity contribution in [3.63, 3.8) is 0 Å². The number of carbonyl (C=O) groups excluding carboxylic acids is 2. The molecule has 60 heavy (non-hydrogen) atoms. The molecule has 4 heterocycles. The van der Waals surface area contributed by atoms with Gasteiger partial charge in [-0.15, -0.1) is 0 Å². The lowest BCUT2D eigenvalue weighted by atomic mass is 10.0. The molecule has 6 rings (SSSR count). The van der Waals surface area contributed by atoms with Crippen molar-refractivity contribution in [3.8, 4) is 22.5 Å². The molecule has 14 nitrogen and oxygen atoms in total. The number of carbonyl (C=O) groups is 2. The van der Waals surface area contributed by atoms with Gasteiger partial charge in [-0.1, -0.05) is 24.3 Å². The van der Waals surface area contributed by atoms with Gasteiger partial charge in [-0.2, -0.15) is 0 Å². The maximum absolute atomic E-state index is 16.2. The Morgan fingerprint density at radius 1 is 0.667 bits per heavy atom. The van der Waals surface area contributed by atoms with Crippen LogP contribution in [0.4, 0.5) is 8.78 Å². The highest BCUT2D eigenvalue weighted by Gasteiger charge is 2.28. The van der Waals surface area contributed by atoms with Crippen molar-refractivity contribution in [2.45, 2.75) is 48.9 Å². The van der Waals surface area contributed by atoms with Gasteiger partial charge in [0, 0.05) is 84.7 Å². The van der Waals surface area contributed by atoms with Crippen LogP contribution in [0.2, 0.25) is 0 Å². The number of esters is 2. The molecule has 0 saturated heterocycles. The van der Waals surface area contributed by atoms with E-state index in [2.05, 4.69) is 20.6 Å². The Balaban J connectivity index is 1.17. The van der Waals surface area contributed by atoms with Gasteiger partial charge in [0.05, 0.1) is 11.4 Å². The predicted molar refractivity (Wildman–Crippen MR) is 217 cm³/mol. The van der Waals surface area contributed by atoms with E-state index in [1.807, 2.05) is 0 Å². The minimum atomic E-state index is -4.19. The topological polar surface area (TPSA) is 181 Å². The van der Waals surface area contributed by atoms with Gasteiger partial charge in [-0.25, -0.2) is 43.2 Å². The maximum atomic E-state index is 16.2. The van der Waals surface area contributed by atoms with Crippen LogP contribution in [0.5, 0.6) is 0 Å². The number of hydrogen-bond acceptors (Lipinski definition) is 12. The van der Waals surface area contributed by atoms with E-state index >= 15 is 8.78 Å². The number of aromatic nitrogens is 4. The van der Waals surface area contributed by atoms with Crippen LogP contribution in [0.1, 0.15) is 48.3 Å². The minimum absolute atomic E-state index is 0.0305. The SMILES string of the molecule is CNCc1cc(-c2cccc(C(C)OC(=O)/C=C/C(=O)OC(C)c3cccc(-c4cc(CNC)cn4S(=O)(=O)c4cccnc4)c3F)c2F)n(S(=O)(=O)c2cccnc2)c1. The second-order valence-corrected chi connectivity index (χ2v) is 17.0. The van der Waals surface area contributed by atoms with Crippen LogP contribution in [0, 0.1) is 11.6 Å². The molecule has 18 heteroatoms. The molecule has 2 N–H and O–H groups in total. The number of hydrogen-bond donors (Lipinski definition) is 2. The molecule has 0 fully saturated rings. The van der Waals surface area contributed by atoms with Crippen molar-refractivity contribution >= 4 is 32.0 Å². The molecule has 0 spiro atoms. The summed E-state index contributed by atoms with van der Waals surface area (Å²) < 4.78 is 99.7. The number of pyridine rings is 2. The molecule has 0 bridgehead atoms. The fraction of sp³-hybridized carbons (Fsp3) is 0.190. The molecule has 0 aliphatic heterocycles. The average Bonchev–Trinajstić information content (AvgIpc) is 3.87. The van der Waals surface area contributed by atoms with Crippen LogP contribution in [-0.2, 0) is 52.2 Å². The van der Waals surface area contributed by atoms with Crippen LogP contribution >= 0.6 is 0 Å². The number of nitrogens with zero attached hydrogens (tertiary/aromatic N) is 4. The Hall–Kier alpha value is -6.34. The zero-order valence-corrected chi connectivity index (χ0v) is 34.4. The van der Waals surface area contributed by atoms with Crippen LogP contribution < -0.4 is 10.6 Å². The molecule has 0 amide bonds. The Bertz CT molecular complexity index is 2590. The smallest absolute Gasteiger partial charge is 0.331 e. The van der Waals surface area contributed by atoms with Gasteiger partial charge in [0.1, 0.15) is 33.6 Å². The highest BCUT2D eigenvalue weighted by Crippen LogP contribution is 2.35. The first-order valence-electron chi connectivity index (χ1n) is 18.4. The third-order valence-corrected chi connectivity index (χ3v) is 12.6. The summed E-state index contributed by atoms with van der Waals surface area (Å²) in [6.07, 6.45) is 7.16. The van der Waals surface area contributed by atoms with Gasteiger partial charge in [-0.3, -0.25) is 9.97 Å². The van der Waals surface area contributed by atoms with Crippen molar-refractivity contribution in [2.24, 2.45) is 0 Å². The van der Waals surface area contributed by atoms with Crippen LogP contribution in [0.25, 0.3) is 22.5 Å². The van der Waals surface area contributed by atoms with Crippen LogP contribution in [-0.4, -0.2) is 60.8 Å². The predicted octanol–water partition coefficient (Wildman–Crippen LogP) is 6.07. The molecule has 0 radical (unpaired) electrons. The maximum Gasteiger partial charge on any atom is 0.331 e. The number of nitrogens with one attached hydrogen (secondary N) is 2. The summed E-state index contributed by atoms with van der Waals surface area (Å²) in [5.41, 5.74) is 0.901. The van der Waals surface area contributed by atoms with E-state index in [1.165, 1.54) is 124 Å². The molecular formula is C42H40F2N6O8S2. The molecule has 2 aromatic carbocycles. The van der Waals surface area contributed by atoms with E-state index in [4.69, 9.17) is 9.47 Å². The lowest BCUT2D eigenvalue weighted by Crippen LogP contribution is -2.15. The van der Waals surface area contributed by atoms with Crippen molar-refractivity contribution in [2.75, 3.05) is 14.1 Å². The monoisotopic (exact) mass is 858 g/mol. The first-order valence-corrected chi connectivity index (χ1v) is 21.2. The number of ether oxygens (including phenoxy) is 2. The normalized spacial score (nSPS) is 13.0. The molecule has 0 aliphatic rings. The number of benzene rings is 2. The molecule has 4 aromatic heterocycles. The molecule has 312 valence electrons. The summed E-state index contributed by atoms with van der Waals surface area (Å²) in [5, 5.41) is 5.89. The van der Waals surface area contributed by atoms with E-state index in [-0.39, 0.29) is 43.4 Å². The van der Waals surface area contributed by atoms with E-state index in [1.54, 1.807) is 14.1 Å². The van der Waals surface area contributed by atoms with Crippen LogP contribution in [0.15, 0.2) is 132 Å². The molecule has 2 atom stereocenters. The third-order valence-electron chi connectivity index (χ3n) is 9.26. The Morgan fingerprint density at radius 3 is 1.42 bits per heavy atom. The van der Waals surface area contributed by atoms with Crippen LogP contribution in [0.3, 0.4) is 0 Å². The average molecular weight is 859 g/mol. The molecule has 0 saturated carbocycles. The van der Waals surface area contributed by atoms with Gasteiger partial charge < -0.3 is 20.1 Å². The summed E-state index contributed by atoms with van der Waals surface area (Å²) in [5.74, 6) is -3.74. The number of halogens is 2. The summed E-state index contributed by atoms with van der Waals surface area (Å²) >= 11 is 0.